The van der Waals surface area contributed by atoms with Crippen LogP contribution >= 0.6 is 11.6 Å². The molecule has 0 spiro atoms. The first kappa shape index (κ1) is 20.5. The number of rotatable bonds is 6. The molecule has 1 aliphatic rings. The summed E-state index contributed by atoms with van der Waals surface area (Å²) < 4.78 is 32.3. The van der Waals surface area contributed by atoms with Crippen molar-refractivity contribution in [1.29, 1.82) is 0 Å². The maximum absolute atomic E-state index is 12.5. The molecule has 0 aliphatic carbocycles. The van der Waals surface area contributed by atoms with Crippen LogP contribution in [-0.2, 0) is 19.6 Å². The molecule has 2 rings (SSSR count). The van der Waals surface area contributed by atoms with Crippen LogP contribution in [0.25, 0.3) is 0 Å². The van der Waals surface area contributed by atoms with Crippen molar-refractivity contribution in [3.8, 4) is 5.75 Å². The summed E-state index contributed by atoms with van der Waals surface area (Å²) in [7, 11) is -2.50. The Kier molecular flexibility index (Phi) is 6.48. The van der Waals surface area contributed by atoms with Crippen LogP contribution in [0.4, 0.5) is 0 Å². The molecule has 144 valence electrons. The summed E-state index contributed by atoms with van der Waals surface area (Å²) in [6.45, 7) is 2.21. The number of nitrogens with two attached hydrogens (primary N) is 1. The van der Waals surface area contributed by atoms with Crippen LogP contribution in [0, 0.1) is 5.92 Å². The fraction of sp³-hybridized carbons (Fsp3) is 0.500. The normalized spacial score (nSPS) is 17.0. The van der Waals surface area contributed by atoms with Gasteiger partial charge in [-0.15, -0.1) is 0 Å². The van der Waals surface area contributed by atoms with Crippen LogP contribution in [-0.4, -0.2) is 51.4 Å². The Morgan fingerprint density at radius 1 is 1.35 bits per heavy atom. The number of ether oxygens (including phenoxy) is 1. The molecule has 1 fully saturated rings. The summed E-state index contributed by atoms with van der Waals surface area (Å²) in [5, 5.41) is 0.155. The zero-order valence-electron chi connectivity index (χ0n) is 14.6. The van der Waals surface area contributed by atoms with E-state index in [0.29, 0.717) is 31.7 Å². The van der Waals surface area contributed by atoms with E-state index in [2.05, 4.69) is 4.72 Å². The number of piperidine rings is 1. The molecule has 0 radical (unpaired) electrons. The van der Waals surface area contributed by atoms with Gasteiger partial charge in [-0.3, -0.25) is 9.59 Å². The SMILES string of the molecule is COc1ccc(S(=O)(=O)N[C@H](C)C(=O)N2CCC(C(N)=O)CC2)cc1Cl. The van der Waals surface area contributed by atoms with Crippen molar-refractivity contribution in [1.82, 2.24) is 9.62 Å². The smallest absolute Gasteiger partial charge is 0.241 e. The number of halogens is 1. The second-order valence-electron chi connectivity index (χ2n) is 6.14. The highest BCUT2D eigenvalue weighted by atomic mass is 35.5. The molecular weight excluding hydrogens is 382 g/mol. The van der Waals surface area contributed by atoms with Crippen LogP contribution in [0.5, 0.6) is 5.75 Å². The van der Waals surface area contributed by atoms with Crippen molar-refractivity contribution in [3.63, 3.8) is 0 Å². The number of carbonyl (C=O) groups excluding carboxylic acids is 2. The number of hydrogen-bond acceptors (Lipinski definition) is 5. The van der Waals surface area contributed by atoms with Gasteiger partial charge in [0.2, 0.25) is 21.8 Å². The van der Waals surface area contributed by atoms with Gasteiger partial charge in [0.05, 0.1) is 23.1 Å². The Morgan fingerprint density at radius 2 is 1.96 bits per heavy atom. The Balaban J connectivity index is 2.04. The van der Waals surface area contributed by atoms with Crippen LogP contribution in [0.3, 0.4) is 0 Å². The monoisotopic (exact) mass is 403 g/mol. The molecule has 1 aromatic rings. The van der Waals surface area contributed by atoms with E-state index in [1.54, 1.807) is 0 Å². The lowest BCUT2D eigenvalue weighted by Gasteiger charge is -2.32. The number of nitrogens with one attached hydrogen (secondary N) is 1. The van der Waals surface area contributed by atoms with Gasteiger partial charge in [0.1, 0.15) is 5.75 Å². The van der Waals surface area contributed by atoms with Crippen LogP contribution in [0.2, 0.25) is 5.02 Å². The van der Waals surface area contributed by atoms with Gasteiger partial charge in [0, 0.05) is 19.0 Å². The first-order valence-electron chi connectivity index (χ1n) is 8.09. The van der Waals surface area contributed by atoms with Gasteiger partial charge in [0.25, 0.3) is 0 Å². The van der Waals surface area contributed by atoms with Gasteiger partial charge in [0.15, 0.2) is 0 Å². The van der Waals surface area contributed by atoms with Crippen molar-refractivity contribution in [2.24, 2.45) is 11.7 Å². The van der Waals surface area contributed by atoms with Crippen LogP contribution in [0.15, 0.2) is 23.1 Å². The van der Waals surface area contributed by atoms with Crippen molar-refractivity contribution in [3.05, 3.63) is 23.2 Å². The predicted octanol–water partition coefficient (Wildman–Crippen LogP) is 0.739. The molecule has 2 amide bonds. The molecule has 0 aromatic heterocycles. The van der Waals surface area contributed by atoms with E-state index in [1.165, 1.54) is 37.1 Å². The molecule has 10 heteroatoms. The summed E-state index contributed by atoms with van der Waals surface area (Å²) in [5.41, 5.74) is 5.28. The van der Waals surface area contributed by atoms with Gasteiger partial charge < -0.3 is 15.4 Å². The lowest BCUT2D eigenvalue weighted by atomic mass is 9.96. The van der Waals surface area contributed by atoms with Crippen molar-refractivity contribution >= 4 is 33.4 Å². The molecule has 0 saturated carbocycles. The minimum Gasteiger partial charge on any atom is -0.495 e. The van der Waals surface area contributed by atoms with Gasteiger partial charge in [-0.25, -0.2) is 8.42 Å². The summed E-state index contributed by atoms with van der Waals surface area (Å²) in [5.74, 6) is -0.613. The molecule has 0 unspecified atom stereocenters. The number of likely N-dealkylation sites (tertiary alicyclic amines) is 1. The highest BCUT2D eigenvalue weighted by molar-refractivity contribution is 7.89. The number of amides is 2. The molecule has 1 aliphatic heterocycles. The number of benzene rings is 1. The number of primary amides is 1. The van der Waals surface area contributed by atoms with Gasteiger partial charge in [-0.2, -0.15) is 4.72 Å². The van der Waals surface area contributed by atoms with E-state index in [1.807, 2.05) is 0 Å². The Bertz CT molecular complexity index is 791. The molecular formula is C16H22ClN3O5S. The Morgan fingerprint density at radius 3 is 2.46 bits per heavy atom. The molecule has 1 saturated heterocycles. The van der Waals surface area contributed by atoms with Gasteiger partial charge in [-0.1, -0.05) is 11.6 Å². The average molecular weight is 404 g/mol. The van der Waals surface area contributed by atoms with Gasteiger partial charge >= 0.3 is 0 Å². The summed E-state index contributed by atoms with van der Waals surface area (Å²) in [6, 6.07) is 3.10. The maximum Gasteiger partial charge on any atom is 0.241 e. The van der Waals surface area contributed by atoms with E-state index in [9.17, 15) is 18.0 Å². The fourth-order valence-electron chi connectivity index (χ4n) is 2.82. The minimum atomic E-state index is -3.93. The fourth-order valence-corrected chi connectivity index (χ4v) is 4.37. The molecule has 1 atom stereocenters. The van der Waals surface area contributed by atoms with E-state index in [-0.39, 0.29) is 27.7 Å². The molecule has 1 aromatic carbocycles. The topological polar surface area (TPSA) is 119 Å². The quantitative estimate of drug-likeness (QED) is 0.726. The second kappa shape index (κ2) is 8.24. The maximum atomic E-state index is 12.5. The predicted molar refractivity (Wildman–Crippen MR) is 96.3 cm³/mol. The first-order chi connectivity index (χ1) is 12.2. The highest BCUT2D eigenvalue weighted by Gasteiger charge is 2.30. The molecule has 0 bridgehead atoms. The third-order valence-electron chi connectivity index (χ3n) is 4.34. The van der Waals surface area contributed by atoms with E-state index < -0.39 is 16.1 Å². The number of carbonyl (C=O) groups is 2. The molecule has 3 N–H and O–H groups in total. The first-order valence-corrected chi connectivity index (χ1v) is 9.95. The molecule has 26 heavy (non-hydrogen) atoms. The molecule has 8 nitrogen and oxygen atoms in total. The Labute approximate surface area is 157 Å². The molecule has 1 heterocycles. The number of methoxy groups -OCH3 is 1. The van der Waals surface area contributed by atoms with Crippen molar-refractivity contribution < 1.29 is 22.7 Å². The zero-order valence-corrected chi connectivity index (χ0v) is 16.1. The van der Waals surface area contributed by atoms with E-state index >= 15 is 0 Å². The summed E-state index contributed by atoms with van der Waals surface area (Å²) >= 11 is 5.97. The number of sulfonamides is 1. The summed E-state index contributed by atoms with van der Waals surface area (Å²) in [4.78, 5) is 25.2. The van der Waals surface area contributed by atoms with Crippen LogP contribution in [0.1, 0.15) is 19.8 Å². The van der Waals surface area contributed by atoms with Crippen molar-refractivity contribution in [2.45, 2.75) is 30.7 Å². The van der Waals surface area contributed by atoms with Gasteiger partial charge in [-0.05, 0) is 38.0 Å². The third-order valence-corrected chi connectivity index (χ3v) is 6.18. The zero-order chi connectivity index (χ0) is 19.5. The van der Waals surface area contributed by atoms with E-state index in [4.69, 9.17) is 22.1 Å². The third kappa shape index (κ3) is 4.66. The summed E-state index contributed by atoms with van der Waals surface area (Å²) in [6.07, 6.45) is 0.962. The van der Waals surface area contributed by atoms with Crippen LogP contribution < -0.4 is 15.2 Å². The lowest BCUT2D eigenvalue weighted by Crippen LogP contribution is -2.50. The highest BCUT2D eigenvalue weighted by Crippen LogP contribution is 2.27. The average Bonchev–Trinajstić information content (AvgIpc) is 2.60. The standard InChI is InChI=1S/C16H22ClN3O5S/c1-10(16(22)20-7-5-11(6-8-20)15(18)21)19-26(23,24)12-3-4-14(25-2)13(17)9-12/h3-4,9-11,19H,5-8H2,1-2H3,(H2,18,21)/t10-/m1/s1. The van der Waals surface area contributed by atoms with Crippen molar-refractivity contribution in [2.75, 3.05) is 20.2 Å². The largest absolute Gasteiger partial charge is 0.495 e. The lowest BCUT2D eigenvalue weighted by molar-refractivity contribution is -0.136. The number of hydrogen-bond donors (Lipinski definition) is 2. The van der Waals surface area contributed by atoms with E-state index in [0.717, 1.165) is 0 Å². The minimum absolute atomic E-state index is 0.0598. The number of nitrogens with zero attached hydrogens (tertiary/aromatic N) is 1. The second-order valence-corrected chi connectivity index (χ2v) is 8.26. The Hall–Kier alpha value is -1.84.